The molecule has 3 atom stereocenters. The number of hydrogen-bond donors (Lipinski definition) is 1. The molecule has 258 valence electrons. The van der Waals surface area contributed by atoms with Crippen molar-refractivity contribution in [1.82, 2.24) is 0 Å². The maximum absolute atomic E-state index is 11.6. The summed E-state index contributed by atoms with van der Waals surface area (Å²) in [6.45, 7) is 13.7. The molecule has 2 aromatic heterocycles. The molecule has 0 amide bonds. The van der Waals surface area contributed by atoms with Crippen LogP contribution in [0.5, 0.6) is 11.5 Å². The van der Waals surface area contributed by atoms with E-state index in [4.69, 9.17) is 32.5 Å². The van der Waals surface area contributed by atoms with Crippen molar-refractivity contribution in [3.8, 4) is 11.5 Å². The predicted octanol–water partition coefficient (Wildman–Crippen LogP) is 8.91. The number of furan rings is 1. The Kier molecular flexibility index (Phi) is 8.71. The largest absolute Gasteiger partial charge is 0.488 e. The predicted molar refractivity (Wildman–Crippen MR) is 190 cm³/mol. The van der Waals surface area contributed by atoms with Gasteiger partial charge in [0.2, 0.25) is 0 Å². The smallest absolute Gasteiger partial charge is 0.350 e. The van der Waals surface area contributed by atoms with E-state index in [2.05, 4.69) is 45.2 Å². The molecule has 3 unspecified atom stereocenters. The highest BCUT2D eigenvalue weighted by Gasteiger charge is 2.54. The summed E-state index contributed by atoms with van der Waals surface area (Å²) in [5.74, 6) is -0.0576. The van der Waals surface area contributed by atoms with Crippen molar-refractivity contribution in [3.05, 3.63) is 94.1 Å². The zero-order valence-corrected chi connectivity index (χ0v) is 29.1. The molecule has 5 heterocycles. The number of ether oxygens (including phenoxy) is 5. The van der Waals surface area contributed by atoms with Gasteiger partial charge in [0.25, 0.3) is 0 Å². The average Bonchev–Trinajstić information content (AvgIpc) is 3.31. The van der Waals surface area contributed by atoms with Gasteiger partial charge in [0.05, 0.1) is 40.6 Å². The van der Waals surface area contributed by atoms with Crippen LogP contribution in [0.25, 0.3) is 28.0 Å². The second-order valence-corrected chi connectivity index (χ2v) is 14.4. The van der Waals surface area contributed by atoms with Crippen molar-refractivity contribution in [2.75, 3.05) is 18.5 Å². The SMILES string of the molecule is C/C(=C\COc1c2c(cc3occc13)OC1(C=C2)OC(CC/C(C)=C/CNc2ccc3ccc(=O)oc3c2)C(C)(C)O1)CCC1OC1(C)C. The molecule has 0 aliphatic carbocycles. The Hall–Kier alpha value is -4.31. The van der Waals surface area contributed by atoms with Crippen LogP contribution in [0.2, 0.25) is 0 Å². The van der Waals surface area contributed by atoms with Gasteiger partial charge in [-0.3, -0.25) is 0 Å². The molecular weight excluding hydrogens is 622 g/mol. The van der Waals surface area contributed by atoms with Crippen LogP contribution in [0.3, 0.4) is 0 Å². The fraction of sp³-hybridized carbons (Fsp3) is 0.425. The molecule has 4 aromatic rings. The maximum Gasteiger partial charge on any atom is 0.350 e. The molecule has 7 rings (SSSR count). The fourth-order valence-electron chi connectivity index (χ4n) is 6.61. The number of allylic oxidation sites excluding steroid dienone is 2. The van der Waals surface area contributed by atoms with Crippen LogP contribution < -0.4 is 20.4 Å². The first-order valence-electron chi connectivity index (χ1n) is 17.1. The highest BCUT2D eigenvalue weighted by atomic mass is 16.9. The molecule has 9 heteroatoms. The van der Waals surface area contributed by atoms with Gasteiger partial charge in [-0.15, -0.1) is 0 Å². The van der Waals surface area contributed by atoms with Gasteiger partial charge in [-0.1, -0.05) is 17.2 Å². The topological polar surface area (TPSA) is 105 Å². The van der Waals surface area contributed by atoms with Crippen LogP contribution in [-0.4, -0.2) is 42.5 Å². The number of anilines is 1. The van der Waals surface area contributed by atoms with E-state index >= 15 is 0 Å². The van der Waals surface area contributed by atoms with Crippen molar-refractivity contribution in [2.24, 2.45) is 0 Å². The van der Waals surface area contributed by atoms with Gasteiger partial charge in [-0.25, -0.2) is 4.79 Å². The molecule has 1 spiro atoms. The molecule has 2 fully saturated rings. The number of rotatable bonds is 12. The molecule has 0 bridgehead atoms. The quantitative estimate of drug-likeness (QED) is 0.0901. The molecule has 0 radical (unpaired) electrons. The fourth-order valence-corrected chi connectivity index (χ4v) is 6.61. The van der Waals surface area contributed by atoms with Crippen molar-refractivity contribution in [3.63, 3.8) is 0 Å². The summed E-state index contributed by atoms with van der Waals surface area (Å²) in [5, 5.41) is 5.16. The van der Waals surface area contributed by atoms with Gasteiger partial charge in [-0.05, 0) is 104 Å². The highest BCUT2D eigenvalue weighted by molar-refractivity contribution is 5.91. The maximum atomic E-state index is 11.6. The zero-order valence-electron chi connectivity index (χ0n) is 29.1. The molecular formula is C40H45NO8. The Morgan fingerprint density at radius 2 is 1.63 bits per heavy atom. The monoisotopic (exact) mass is 667 g/mol. The summed E-state index contributed by atoms with van der Waals surface area (Å²) in [5.41, 5.74) is 4.51. The van der Waals surface area contributed by atoms with Gasteiger partial charge in [0.1, 0.15) is 29.3 Å². The van der Waals surface area contributed by atoms with Crippen LogP contribution in [0.15, 0.2) is 91.7 Å². The normalized spacial score (nSPS) is 24.0. The average molecular weight is 668 g/mol. The van der Waals surface area contributed by atoms with Crippen LogP contribution in [0, 0.1) is 0 Å². The summed E-state index contributed by atoms with van der Waals surface area (Å²) in [6, 6.07) is 12.7. The van der Waals surface area contributed by atoms with Crippen LogP contribution in [-0.2, 0) is 14.2 Å². The summed E-state index contributed by atoms with van der Waals surface area (Å²) in [4.78, 5) is 11.6. The number of fused-ring (bicyclic) bond motifs is 3. The van der Waals surface area contributed by atoms with E-state index in [1.165, 1.54) is 17.2 Å². The minimum atomic E-state index is -1.35. The first-order valence-corrected chi connectivity index (χ1v) is 17.1. The van der Waals surface area contributed by atoms with E-state index in [-0.39, 0.29) is 17.3 Å². The number of epoxide rings is 1. The van der Waals surface area contributed by atoms with Gasteiger partial charge in [-0.2, -0.15) is 0 Å². The summed E-state index contributed by atoms with van der Waals surface area (Å²) in [6.07, 6.45) is 13.5. The van der Waals surface area contributed by atoms with Crippen molar-refractivity contribution in [2.45, 2.75) is 96.6 Å². The lowest BCUT2D eigenvalue weighted by atomic mass is 9.96. The van der Waals surface area contributed by atoms with Gasteiger partial charge in [0, 0.05) is 41.9 Å². The standard InChI is InChI=1S/C40H45NO8/c1-25(16-20-41-28-11-9-27-10-14-36(42)45-31(27)23-28)7-13-35-39(5,6)49-40(48-35)19-15-29-33(46-40)24-32-30(18-22-43-32)37(29)44-21-17-26(2)8-12-34-38(3,4)47-34/h9-11,14-19,22-24,34-35,41H,7-8,12-13,20-21H2,1-6H3/b25-16+,26-17+. The zero-order chi connectivity index (χ0) is 34.4. The van der Waals surface area contributed by atoms with Gasteiger partial charge in [0.15, 0.2) is 0 Å². The van der Waals surface area contributed by atoms with Crippen molar-refractivity contribution in [1.29, 1.82) is 0 Å². The van der Waals surface area contributed by atoms with E-state index < -0.39 is 11.6 Å². The molecule has 3 aliphatic rings. The Balaban J connectivity index is 0.974. The Morgan fingerprint density at radius 3 is 2.41 bits per heavy atom. The summed E-state index contributed by atoms with van der Waals surface area (Å²) in [7, 11) is 0. The Labute approximate surface area is 286 Å². The third-order valence-corrected chi connectivity index (χ3v) is 9.71. The molecule has 2 aromatic carbocycles. The van der Waals surface area contributed by atoms with E-state index in [0.717, 1.165) is 47.7 Å². The van der Waals surface area contributed by atoms with Crippen LogP contribution >= 0.6 is 0 Å². The second kappa shape index (κ2) is 12.9. The third kappa shape index (κ3) is 7.20. The Morgan fingerprint density at radius 1 is 0.898 bits per heavy atom. The van der Waals surface area contributed by atoms with E-state index in [1.54, 1.807) is 12.3 Å². The van der Waals surface area contributed by atoms with E-state index in [1.807, 2.05) is 56.3 Å². The molecule has 9 nitrogen and oxygen atoms in total. The molecule has 2 saturated heterocycles. The third-order valence-electron chi connectivity index (χ3n) is 9.71. The number of benzene rings is 2. The van der Waals surface area contributed by atoms with Crippen LogP contribution in [0.4, 0.5) is 5.69 Å². The molecule has 3 aliphatic heterocycles. The van der Waals surface area contributed by atoms with Crippen LogP contribution in [0.1, 0.15) is 72.8 Å². The molecule has 49 heavy (non-hydrogen) atoms. The van der Waals surface area contributed by atoms with Gasteiger partial charge < -0.3 is 37.8 Å². The minimum absolute atomic E-state index is 0.00947. The summed E-state index contributed by atoms with van der Waals surface area (Å²) >= 11 is 0. The van der Waals surface area contributed by atoms with Crippen molar-refractivity contribution >= 4 is 33.7 Å². The molecule has 1 N–H and O–H groups in total. The molecule has 0 saturated carbocycles. The first kappa shape index (κ1) is 33.2. The second-order valence-electron chi connectivity index (χ2n) is 14.4. The Bertz CT molecular complexity index is 2010. The minimum Gasteiger partial charge on any atom is -0.488 e. The lowest BCUT2D eigenvalue weighted by Crippen LogP contribution is -2.38. The lowest BCUT2D eigenvalue weighted by Gasteiger charge is -2.30. The van der Waals surface area contributed by atoms with Crippen molar-refractivity contribution < 1.29 is 32.5 Å². The van der Waals surface area contributed by atoms with Gasteiger partial charge >= 0.3 is 11.6 Å². The van der Waals surface area contributed by atoms with E-state index in [0.29, 0.717) is 41.9 Å². The van der Waals surface area contributed by atoms with E-state index in [9.17, 15) is 4.79 Å². The lowest BCUT2D eigenvalue weighted by molar-refractivity contribution is -0.270. The highest BCUT2D eigenvalue weighted by Crippen LogP contribution is 2.48. The summed E-state index contributed by atoms with van der Waals surface area (Å²) < 4.78 is 42.7. The number of nitrogens with one attached hydrogen (secondary N) is 1. The number of hydrogen-bond acceptors (Lipinski definition) is 9. The first-order chi connectivity index (χ1) is 23.4.